The Morgan fingerprint density at radius 2 is 1.44 bits per heavy atom. The fourth-order valence-corrected chi connectivity index (χ4v) is 4.41. The molecule has 0 heteroatoms. The SMILES string of the molecule is CCC(C)C(CC)CCCCCC=CCC(C)C(C)(CC)C(C)CC. The van der Waals surface area contributed by atoms with Gasteiger partial charge in [0.2, 0.25) is 0 Å². The number of rotatable bonds is 15. The van der Waals surface area contributed by atoms with Crippen LogP contribution in [0.5, 0.6) is 0 Å². The second kappa shape index (κ2) is 13.9. The van der Waals surface area contributed by atoms with Gasteiger partial charge in [-0.1, -0.05) is 112 Å². The van der Waals surface area contributed by atoms with Crippen molar-refractivity contribution in [2.45, 2.75) is 120 Å². The van der Waals surface area contributed by atoms with Gasteiger partial charge >= 0.3 is 0 Å². The Kier molecular flexibility index (Phi) is 13.7. The van der Waals surface area contributed by atoms with E-state index in [-0.39, 0.29) is 0 Å². The molecule has 0 aromatic rings. The molecule has 5 unspecified atom stereocenters. The van der Waals surface area contributed by atoms with Crippen LogP contribution in [0.15, 0.2) is 12.2 Å². The van der Waals surface area contributed by atoms with Crippen molar-refractivity contribution in [2.75, 3.05) is 0 Å². The van der Waals surface area contributed by atoms with Crippen LogP contribution in [-0.2, 0) is 0 Å². The summed E-state index contributed by atoms with van der Waals surface area (Å²) in [4.78, 5) is 0. The Balaban J connectivity index is 3.99. The molecule has 25 heavy (non-hydrogen) atoms. The molecule has 0 N–H and O–H groups in total. The molecule has 0 fully saturated rings. The Hall–Kier alpha value is -0.260. The summed E-state index contributed by atoms with van der Waals surface area (Å²) in [5.74, 6) is 3.46. The van der Waals surface area contributed by atoms with E-state index in [1.54, 1.807) is 0 Å². The predicted molar refractivity (Wildman–Crippen MR) is 117 cm³/mol. The second-order valence-corrected chi connectivity index (χ2v) is 8.97. The summed E-state index contributed by atoms with van der Waals surface area (Å²) in [6.45, 7) is 19.2. The third kappa shape index (κ3) is 8.78. The maximum Gasteiger partial charge on any atom is -0.0274 e. The summed E-state index contributed by atoms with van der Waals surface area (Å²) < 4.78 is 0. The van der Waals surface area contributed by atoms with Crippen LogP contribution in [0.4, 0.5) is 0 Å². The molecule has 0 rings (SSSR count). The molecule has 0 aliphatic carbocycles. The van der Waals surface area contributed by atoms with E-state index in [1.807, 2.05) is 0 Å². The molecule has 0 aliphatic heterocycles. The third-order valence-corrected chi connectivity index (χ3v) is 7.70. The summed E-state index contributed by atoms with van der Waals surface area (Å²) in [5.41, 5.74) is 0.490. The van der Waals surface area contributed by atoms with E-state index in [1.165, 1.54) is 64.2 Å². The molecule has 0 radical (unpaired) electrons. The Bertz CT molecular complexity index is 329. The van der Waals surface area contributed by atoms with Gasteiger partial charge in [0.05, 0.1) is 0 Å². The van der Waals surface area contributed by atoms with Gasteiger partial charge in [0, 0.05) is 0 Å². The van der Waals surface area contributed by atoms with Crippen LogP contribution in [0.2, 0.25) is 0 Å². The first-order chi connectivity index (χ1) is 11.9. The fraction of sp³-hybridized carbons (Fsp3) is 0.920. The smallest absolute Gasteiger partial charge is 0.0274 e. The van der Waals surface area contributed by atoms with E-state index in [0.29, 0.717) is 5.41 Å². The lowest BCUT2D eigenvalue weighted by atomic mass is 9.65. The zero-order valence-corrected chi connectivity index (χ0v) is 19.0. The summed E-state index contributed by atoms with van der Waals surface area (Å²) in [7, 11) is 0. The molecule has 0 nitrogen and oxygen atoms in total. The Morgan fingerprint density at radius 3 is 1.96 bits per heavy atom. The molecule has 0 saturated carbocycles. The van der Waals surface area contributed by atoms with E-state index in [9.17, 15) is 0 Å². The van der Waals surface area contributed by atoms with Gasteiger partial charge in [-0.3, -0.25) is 0 Å². The first-order valence-electron chi connectivity index (χ1n) is 11.5. The Labute approximate surface area is 161 Å². The molecule has 0 aliphatic rings. The van der Waals surface area contributed by atoms with Gasteiger partial charge in [0.25, 0.3) is 0 Å². The standard InChI is InChI=1S/C25H50/c1-9-21(5)24(11-3)20-18-16-14-13-15-17-19-23(7)25(8,12-4)22(6)10-2/h15,17,21-24H,9-14,16,18-20H2,1-8H3. The largest absolute Gasteiger partial charge is 0.0885 e. The van der Waals surface area contributed by atoms with E-state index >= 15 is 0 Å². The van der Waals surface area contributed by atoms with Crippen LogP contribution < -0.4 is 0 Å². The van der Waals surface area contributed by atoms with Crippen LogP contribution in [0.1, 0.15) is 120 Å². The van der Waals surface area contributed by atoms with E-state index in [0.717, 1.165) is 23.7 Å². The molecule has 150 valence electrons. The van der Waals surface area contributed by atoms with Gasteiger partial charge in [0.15, 0.2) is 0 Å². The van der Waals surface area contributed by atoms with E-state index in [2.05, 4.69) is 67.5 Å². The van der Waals surface area contributed by atoms with Crippen LogP contribution in [0, 0.1) is 29.1 Å². The van der Waals surface area contributed by atoms with Crippen molar-refractivity contribution in [2.24, 2.45) is 29.1 Å². The molecule has 0 aromatic carbocycles. The van der Waals surface area contributed by atoms with Crippen molar-refractivity contribution in [3.8, 4) is 0 Å². The summed E-state index contributed by atoms with van der Waals surface area (Å²) >= 11 is 0. The average Bonchev–Trinajstić information content (AvgIpc) is 2.64. The highest BCUT2D eigenvalue weighted by molar-refractivity contribution is 4.90. The molecule has 5 atom stereocenters. The minimum absolute atomic E-state index is 0.490. The molecule has 0 amide bonds. The third-order valence-electron chi connectivity index (χ3n) is 7.70. The number of hydrogen-bond donors (Lipinski definition) is 0. The number of unbranched alkanes of at least 4 members (excludes halogenated alkanes) is 3. The highest BCUT2D eigenvalue weighted by atomic mass is 14.4. The Morgan fingerprint density at radius 1 is 0.760 bits per heavy atom. The summed E-state index contributed by atoms with van der Waals surface area (Å²) in [6, 6.07) is 0. The van der Waals surface area contributed by atoms with Crippen molar-refractivity contribution in [3.05, 3.63) is 12.2 Å². The van der Waals surface area contributed by atoms with Crippen molar-refractivity contribution >= 4 is 0 Å². The summed E-state index contributed by atoms with van der Waals surface area (Å²) in [5, 5.41) is 0. The van der Waals surface area contributed by atoms with Gasteiger partial charge < -0.3 is 0 Å². The first kappa shape index (κ1) is 24.7. The van der Waals surface area contributed by atoms with E-state index in [4.69, 9.17) is 0 Å². The molecule has 0 bridgehead atoms. The maximum absolute atomic E-state index is 2.50. The highest BCUT2D eigenvalue weighted by Crippen LogP contribution is 2.42. The molecular weight excluding hydrogens is 300 g/mol. The monoisotopic (exact) mass is 350 g/mol. The van der Waals surface area contributed by atoms with Gasteiger partial charge in [-0.25, -0.2) is 0 Å². The number of allylic oxidation sites excluding steroid dienone is 2. The van der Waals surface area contributed by atoms with E-state index < -0.39 is 0 Å². The van der Waals surface area contributed by atoms with Gasteiger partial charge in [-0.2, -0.15) is 0 Å². The minimum atomic E-state index is 0.490. The van der Waals surface area contributed by atoms with Crippen molar-refractivity contribution in [1.29, 1.82) is 0 Å². The predicted octanol–water partition coefficient (Wildman–Crippen LogP) is 9.05. The zero-order chi connectivity index (χ0) is 19.3. The first-order valence-corrected chi connectivity index (χ1v) is 11.5. The lowest BCUT2D eigenvalue weighted by Crippen LogP contribution is -2.31. The van der Waals surface area contributed by atoms with Gasteiger partial charge in [-0.15, -0.1) is 0 Å². The zero-order valence-electron chi connectivity index (χ0n) is 19.0. The quantitative estimate of drug-likeness (QED) is 0.204. The molecule has 0 aromatic heterocycles. The molecule has 0 spiro atoms. The molecule has 0 saturated heterocycles. The number of hydrogen-bond acceptors (Lipinski definition) is 0. The topological polar surface area (TPSA) is 0 Å². The average molecular weight is 351 g/mol. The van der Waals surface area contributed by atoms with Crippen LogP contribution >= 0.6 is 0 Å². The summed E-state index contributed by atoms with van der Waals surface area (Å²) in [6.07, 6.45) is 18.4. The van der Waals surface area contributed by atoms with Crippen LogP contribution in [-0.4, -0.2) is 0 Å². The van der Waals surface area contributed by atoms with Gasteiger partial charge in [-0.05, 0) is 48.3 Å². The van der Waals surface area contributed by atoms with Crippen LogP contribution in [0.3, 0.4) is 0 Å². The molecule has 0 heterocycles. The maximum atomic E-state index is 2.50. The highest BCUT2D eigenvalue weighted by Gasteiger charge is 2.33. The second-order valence-electron chi connectivity index (χ2n) is 8.97. The minimum Gasteiger partial charge on any atom is -0.0885 e. The molecular formula is C25H50. The fourth-order valence-electron chi connectivity index (χ4n) is 4.41. The lowest BCUT2D eigenvalue weighted by Gasteiger charge is -2.40. The normalized spacial score (nSPS) is 19.5. The van der Waals surface area contributed by atoms with Crippen molar-refractivity contribution < 1.29 is 0 Å². The van der Waals surface area contributed by atoms with Crippen molar-refractivity contribution in [3.63, 3.8) is 0 Å². The lowest BCUT2D eigenvalue weighted by molar-refractivity contribution is 0.105. The van der Waals surface area contributed by atoms with Crippen LogP contribution in [0.25, 0.3) is 0 Å². The van der Waals surface area contributed by atoms with Gasteiger partial charge in [0.1, 0.15) is 0 Å². The van der Waals surface area contributed by atoms with Crippen molar-refractivity contribution in [1.82, 2.24) is 0 Å².